The fraction of sp³-hybridized carbons (Fsp3) is 0.375. The number of rotatable bonds is 1. The molecule has 1 aliphatic heterocycles. The summed E-state index contributed by atoms with van der Waals surface area (Å²) in [5.74, 6) is 0.0566. The van der Waals surface area contributed by atoms with Crippen LogP contribution < -0.4 is 10.2 Å². The molecular weight excluding hydrogens is 282 g/mol. The lowest BCUT2D eigenvalue weighted by Crippen LogP contribution is -2.39. The zero-order chi connectivity index (χ0) is 15.0. The summed E-state index contributed by atoms with van der Waals surface area (Å²) in [4.78, 5) is 20.0. The maximum Gasteiger partial charge on any atom is 0.270 e. The van der Waals surface area contributed by atoms with Crippen molar-refractivity contribution >= 4 is 22.9 Å². The number of aromatic nitrogens is 1. The molecule has 1 amide bonds. The van der Waals surface area contributed by atoms with Gasteiger partial charge in [-0.15, -0.1) is 11.3 Å². The van der Waals surface area contributed by atoms with Gasteiger partial charge >= 0.3 is 0 Å². The topological polar surface area (TPSA) is 45.2 Å². The van der Waals surface area contributed by atoms with Crippen LogP contribution in [0.4, 0.5) is 5.69 Å². The van der Waals surface area contributed by atoms with Gasteiger partial charge in [0.25, 0.3) is 5.91 Å². The first-order chi connectivity index (χ1) is 10.1. The second-order valence-electron chi connectivity index (χ2n) is 5.47. The predicted molar refractivity (Wildman–Crippen MR) is 86.0 cm³/mol. The van der Waals surface area contributed by atoms with Gasteiger partial charge < -0.3 is 10.2 Å². The Balaban J connectivity index is 2.03. The Labute approximate surface area is 128 Å². The number of anilines is 1. The largest absolute Gasteiger partial charge is 0.308 e. The van der Waals surface area contributed by atoms with Crippen LogP contribution >= 0.6 is 11.3 Å². The first kappa shape index (κ1) is 14.2. The number of aryl methyl sites for hydroxylation is 2. The lowest BCUT2D eigenvalue weighted by molar-refractivity contribution is 0.0988. The summed E-state index contributed by atoms with van der Waals surface area (Å²) >= 11 is 1.48. The molecule has 1 atom stereocenters. The normalized spacial score (nSPS) is 18.2. The molecule has 0 spiro atoms. The van der Waals surface area contributed by atoms with Gasteiger partial charge in [-0.2, -0.15) is 0 Å². The number of fused-ring (bicyclic) bond motifs is 1. The summed E-state index contributed by atoms with van der Waals surface area (Å²) < 4.78 is 0. The molecule has 1 unspecified atom stereocenters. The van der Waals surface area contributed by atoms with E-state index in [1.54, 1.807) is 0 Å². The summed E-state index contributed by atoms with van der Waals surface area (Å²) in [6, 6.07) is 8.36. The number of amides is 1. The van der Waals surface area contributed by atoms with Crippen LogP contribution in [-0.4, -0.2) is 23.5 Å². The van der Waals surface area contributed by atoms with Crippen LogP contribution in [-0.2, 0) is 6.54 Å². The van der Waals surface area contributed by atoms with E-state index in [1.165, 1.54) is 11.3 Å². The summed E-state index contributed by atoms with van der Waals surface area (Å²) in [6.07, 6.45) is 0. The van der Waals surface area contributed by atoms with Gasteiger partial charge in [0.2, 0.25) is 0 Å². The van der Waals surface area contributed by atoms with E-state index in [9.17, 15) is 4.79 Å². The maximum absolute atomic E-state index is 13.0. The molecule has 0 saturated carbocycles. The number of nitrogens with zero attached hydrogens (tertiary/aromatic N) is 2. The van der Waals surface area contributed by atoms with E-state index in [0.717, 1.165) is 33.4 Å². The Kier molecular flexibility index (Phi) is 3.78. The van der Waals surface area contributed by atoms with Gasteiger partial charge in [0.15, 0.2) is 0 Å². The summed E-state index contributed by atoms with van der Waals surface area (Å²) in [7, 11) is 0. The molecule has 0 radical (unpaired) electrons. The molecule has 110 valence electrons. The van der Waals surface area contributed by atoms with Gasteiger partial charge in [-0.1, -0.05) is 18.2 Å². The van der Waals surface area contributed by atoms with Crippen LogP contribution in [0.25, 0.3) is 0 Å². The van der Waals surface area contributed by atoms with Crippen molar-refractivity contribution < 1.29 is 4.79 Å². The van der Waals surface area contributed by atoms with Crippen molar-refractivity contribution in [3.8, 4) is 0 Å². The lowest BCUT2D eigenvalue weighted by Gasteiger charge is -2.24. The van der Waals surface area contributed by atoms with Gasteiger partial charge in [-0.3, -0.25) is 4.79 Å². The maximum atomic E-state index is 13.0. The summed E-state index contributed by atoms with van der Waals surface area (Å²) in [5, 5.41) is 4.39. The van der Waals surface area contributed by atoms with E-state index in [-0.39, 0.29) is 11.9 Å². The highest BCUT2D eigenvalue weighted by molar-refractivity contribution is 7.13. The molecule has 5 heteroatoms. The Morgan fingerprint density at radius 1 is 1.38 bits per heavy atom. The van der Waals surface area contributed by atoms with E-state index in [2.05, 4.69) is 23.3 Å². The standard InChI is InChI=1S/C16H19N3OS/c1-10-9-19(14-7-5-4-6-13(14)8-17-10)16(20)15-11(2)18-12(3)21-15/h4-7,10,17H,8-9H2,1-3H3. The second-order valence-corrected chi connectivity index (χ2v) is 6.68. The van der Waals surface area contributed by atoms with Gasteiger partial charge in [0.1, 0.15) is 4.88 Å². The Morgan fingerprint density at radius 2 is 2.14 bits per heavy atom. The molecule has 0 fully saturated rings. The smallest absolute Gasteiger partial charge is 0.270 e. The van der Waals surface area contributed by atoms with Gasteiger partial charge in [-0.05, 0) is 32.4 Å². The number of nitrogens with one attached hydrogen (secondary N) is 1. The third-order valence-corrected chi connectivity index (χ3v) is 4.78. The Bertz CT molecular complexity index is 680. The number of thiazole rings is 1. The van der Waals surface area contributed by atoms with Gasteiger partial charge in [0, 0.05) is 24.8 Å². The molecule has 2 aromatic rings. The molecular formula is C16H19N3OS. The van der Waals surface area contributed by atoms with E-state index < -0.39 is 0 Å². The van der Waals surface area contributed by atoms with Gasteiger partial charge in [-0.25, -0.2) is 4.98 Å². The minimum atomic E-state index is 0.0566. The number of para-hydroxylation sites is 1. The van der Waals surface area contributed by atoms with Crippen molar-refractivity contribution in [3.05, 3.63) is 45.4 Å². The minimum Gasteiger partial charge on any atom is -0.308 e. The Hall–Kier alpha value is -1.72. The molecule has 0 bridgehead atoms. The van der Waals surface area contributed by atoms with Crippen molar-refractivity contribution in [3.63, 3.8) is 0 Å². The van der Waals surface area contributed by atoms with Crippen LogP contribution in [0.2, 0.25) is 0 Å². The van der Waals surface area contributed by atoms with E-state index in [4.69, 9.17) is 0 Å². The van der Waals surface area contributed by atoms with E-state index in [1.807, 2.05) is 36.9 Å². The first-order valence-electron chi connectivity index (χ1n) is 7.13. The molecule has 1 aromatic carbocycles. The monoisotopic (exact) mass is 301 g/mol. The Morgan fingerprint density at radius 3 is 2.86 bits per heavy atom. The molecule has 2 heterocycles. The molecule has 4 nitrogen and oxygen atoms in total. The molecule has 3 rings (SSSR count). The van der Waals surface area contributed by atoms with Crippen LogP contribution in [0.15, 0.2) is 24.3 Å². The van der Waals surface area contributed by atoms with Crippen molar-refractivity contribution in [2.45, 2.75) is 33.4 Å². The van der Waals surface area contributed by atoms with Crippen LogP contribution in [0.5, 0.6) is 0 Å². The molecule has 1 aliphatic rings. The number of benzene rings is 1. The zero-order valence-corrected chi connectivity index (χ0v) is 13.3. The average Bonchev–Trinajstić information content (AvgIpc) is 2.71. The van der Waals surface area contributed by atoms with Crippen LogP contribution in [0, 0.1) is 13.8 Å². The highest BCUT2D eigenvalue weighted by Crippen LogP contribution is 2.27. The SMILES string of the molecule is Cc1nc(C)c(C(=O)N2CC(C)NCc3ccccc32)s1. The van der Waals surface area contributed by atoms with Crippen molar-refractivity contribution in [1.82, 2.24) is 10.3 Å². The highest BCUT2D eigenvalue weighted by Gasteiger charge is 2.27. The quantitative estimate of drug-likeness (QED) is 0.881. The highest BCUT2D eigenvalue weighted by atomic mass is 32.1. The molecule has 21 heavy (non-hydrogen) atoms. The average molecular weight is 301 g/mol. The molecule has 0 saturated heterocycles. The number of hydrogen-bond acceptors (Lipinski definition) is 4. The van der Waals surface area contributed by atoms with Crippen molar-refractivity contribution in [2.75, 3.05) is 11.4 Å². The number of carbonyl (C=O) groups is 1. The molecule has 1 aromatic heterocycles. The second kappa shape index (κ2) is 5.58. The number of hydrogen-bond donors (Lipinski definition) is 1. The minimum absolute atomic E-state index is 0.0566. The number of carbonyl (C=O) groups excluding carboxylic acids is 1. The summed E-state index contributed by atoms with van der Waals surface area (Å²) in [6.45, 7) is 7.42. The fourth-order valence-corrected chi connectivity index (χ4v) is 3.56. The lowest BCUT2D eigenvalue weighted by atomic mass is 10.1. The zero-order valence-electron chi connectivity index (χ0n) is 12.5. The van der Waals surface area contributed by atoms with Gasteiger partial charge in [0.05, 0.1) is 10.7 Å². The first-order valence-corrected chi connectivity index (χ1v) is 7.95. The third-order valence-electron chi connectivity index (χ3n) is 3.72. The fourth-order valence-electron chi connectivity index (χ4n) is 2.69. The predicted octanol–water partition coefficient (Wildman–Crippen LogP) is 2.90. The van der Waals surface area contributed by atoms with Crippen molar-refractivity contribution in [2.24, 2.45) is 0 Å². The molecule has 1 N–H and O–H groups in total. The van der Waals surface area contributed by atoms with E-state index in [0.29, 0.717) is 6.54 Å². The molecule has 0 aliphatic carbocycles. The van der Waals surface area contributed by atoms with Crippen molar-refractivity contribution in [1.29, 1.82) is 0 Å². The third kappa shape index (κ3) is 2.71. The summed E-state index contributed by atoms with van der Waals surface area (Å²) in [5.41, 5.74) is 2.99. The van der Waals surface area contributed by atoms with E-state index >= 15 is 0 Å². The van der Waals surface area contributed by atoms with Crippen LogP contribution in [0.1, 0.15) is 32.9 Å². The van der Waals surface area contributed by atoms with Crippen LogP contribution in [0.3, 0.4) is 0 Å².